The highest BCUT2D eigenvalue weighted by Crippen LogP contribution is 2.27. The maximum atomic E-state index is 12.5. The third-order valence-corrected chi connectivity index (χ3v) is 5.85. The second kappa shape index (κ2) is 7.10. The number of hydrogen-bond acceptors (Lipinski definition) is 3. The summed E-state index contributed by atoms with van der Waals surface area (Å²) >= 11 is 0. The summed E-state index contributed by atoms with van der Waals surface area (Å²) in [5.74, 6) is 1.15. The first-order valence-electron chi connectivity index (χ1n) is 8.60. The zero-order valence-corrected chi connectivity index (χ0v) is 14.3. The molecule has 0 unspecified atom stereocenters. The molecular formula is C17H33N3O. The van der Waals surface area contributed by atoms with E-state index in [1.165, 1.54) is 25.7 Å². The number of likely N-dealkylation sites (tertiary alicyclic amines) is 1. The molecule has 0 radical (unpaired) electrons. The van der Waals surface area contributed by atoms with E-state index in [0.717, 1.165) is 31.8 Å². The van der Waals surface area contributed by atoms with Gasteiger partial charge in [0.1, 0.15) is 0 Å². The molecule has 0 aromatic carbocycles. The first kappa shape index (κ1) is 16.8. The molecule has 4 nitrogen and oxygen atoms in total. The van der Waals surface area contributed by atoms with Crippen LogP contribution in [0.4, 0.5) is 0 Å². The maximum absolute atomic E-state index is 12.5. The molecule has 1 N–H and O–H groups in total. The van der Waals surface area contributed by atoms with Crippen molar-refractivity contribution in [3.8, 4) is 0 Å². The van der Waals surface area contributed by atoms with Gasteiger partial charge in [-0.05, 0) is 58.4 Å². The SMILES string of the molecule is CNC1(C)CCN(CC(=O)N(C)C2CCC(C)CC2)CC1. The molecule has 1 aliphatic carbocycles. The predicted molar refractivity (Wildman–Crippen MR) is 87.3 cm³/mol. The van der Waals surface area contributed by atoms with Crippen LogP contribution in [-0.2, 0) is 4.79 Å². The number of carbonyl (C=O) groups excluding carboxylic acids is 1. The molecule has 1 amide bonds. The molecule has 0 bridgehead atoms. The number of amides is 1. The van der Waals surface area contributed by atoms with Crippen LogP contribution in [0.2, 0.25) is 0 Å². The minimum absolute atomic E-state index is 0.255. The van der Waals surface area contributed by atoms with Crippen LogP contribution >= 0.6 is 0 Å². The highest BCUT2D eigenvalue weighted by atomic mass is 16.2. The highest BCUT2D eigenvalue weighted by molar-refractivity contribution is 5.78. The molecule has 4 heteroatoms. The number of piperidine rings is 1. The summed E-state index contributed by atoms with van der Waals surface area (Å²) in [5.41, 5.74) is 0.255. The molecular weight excluding hydrogens is 262 g/mol. The van der Waals surface area contributed by atoms with Gasteiger partial charge in [0.2, 0.25) is 5.91 Å². The zero-order chi connectivity index (χ0) is 15.5. The van der Waals surface area contributed by atoms with Crippen molar-refractivity contribution in [1.82, 2.24) is 15.1 Å². The number of rotatable bonds is 4. The van der Waals surface area contributed by atoms with Gasteiger partial charge < -0.3 is 10.2 Å². The van der Waals surface area contributed by atoms with Gasteiger partial charge in [-0.15, -0.1) is 0 Å². The van der Waals surface area contributed by atoms with Gasteiger partial charge in [0.25, 0.3) is 0 Å². The fourth-order valence-corrected chi connectivity index (χ4v) is 3.59. The van der Waals surface area contributed by atoms with Crippen molar-refractivity contribution in [2.24, 2.45) is 5.92 Å². The van der Waals surface area contributed by atoms with Crippen LogP contribution in [0.5, 0.6) is 0 Å². The predicted octanol–water partition coefficient (Wildman–Crippen LogP) is 2.10. The summed E-state index contributed by atoms with van der Waals surface area (Å²) in [4.78, 5) is 16.8. The standard InChI is InChI=1S/C17H33N3O/c1-14-5-7-15(8-6-14)19(4)16(21)13-20-11-9-17(2,18-3)10-12-20/h14-15,18H,5-13H2,1-4H3. The van der Waals surface area contributed by atoms with Gasteiger partial charge in [-0.3, -0.25) is 9.69 Å². The molecule has 21 heavy (non-hydrogen) atoms. The summed E-state index contributed by atoms with van der Waals surface area (Å²) in [7, 11) is 4.04. The van der Waals surface area contributed by atoms with E-state index < -0.39 is 0 Å². The Labute approximate surface area is 130 Å². The Morgan fingerprint density at radius 2 is 1.81 bits per heavy atom. The zero-order valence-electron chi connectivity index (χ0n) is 14.3. The molecule has 0 aromatic rings. The van der Waals surface area contributed by atoms with Crippen molar-refractivity contribution in [2.45, 2.75) is 64.0 Å². The number of nitrogens with zero attached hydrogens (tertiary/aromatic N) is 2. The first-order valence-corrected chi connectivity index (χ1v) is 8.60. The topological polar surface area (TPSA) is 35.6 Å². The minimum Gasteiger partial charge on any atom is -0.342 e. The molecule has 122 valence electrons. The van der Waals surface area contributed by atoms with Crippen LogP contribution in [0.15, 0.2) is 0 Å². The van der Waals surface area contributed by atoms with Gasteiger partial charge in [-0.1, -0.05) is 6.92 Å². The molecule has 2 rings (SSSR count). The van der Waals surface area contributed by atoms with Crippen LogP contribution in [0.1, 0.15) is 52.4 Å². The van der Waals surface area contributed by atoms with Crippen molar-refractivity contribution < 1.29 is 4.79 Å². The Balaban J connectivity index is 1.77. The van der Waals surface area contributed by atoms with E-state index in [4.69, 9.17) is 0 Å². The summed E-state index contributed by atoms with van der Waals surface area (Å²) in [6, 6.07) is 0.473. The Bertz CT molecular complexity index is 342. The first-order chi connectivity index (χ1) is 9.93. The van der Waals surface area contributed by atoms with E-state index >= 15 is 0 Å². The molecule has 1 saturated heterocycles. The third-order valence-electron chi connectivity index (χ3n) is 5.85. The summed E-state index contributed by atoms with van der Waals surface area (Å²) < 4.78 is 0. The molecule has 2 aliphatic rings. The van der Waals surface area contributed by atoms with Crippen LogP contribution in [0.25, 0.3) is 0 Å². The Hall–Kier alpha value is -0.610. The average molecular weight is 295 g/mol. The largest absolute Gasteiger partial charge is 0.342 e. The molecule has 1 saturated carbocycles. The molecule has 0 aromatic heterocycles. The van der Waals surface area contributed by atoms with E-state index in [1.54, 1.807) is 0 Å². The van der Waals surface area contributed by atoms with Crippen molar-refractivity contribution >= 4 is 5.91 Å². The second-order valence-corrected chi connectivity index (χ2v) is 7.51. The monoisotopic (exact) mass is 295 g/mol. The molecule has 1 heterocycles. The lowest BCUT2D eigenvalue weighted by Crippen LogP contribution is -2.52. The van der Waals surface area contributed by atoms with E-state index in [0.29, 0.717) is 18.5 Å². The van der Waals surface area contributed by atoms with E-state index in [-0.39, 0.29) is 5.54 Å². The lowest BCUT2D eigenvalue weighted by molar-refractivity contribution is -0.134. The fraction of sp³-hybridized carbons (Fsp3) is 0.941. The maximum Gasteiger partial charge on any atom is 0.236 e. The van der Waals surface area contributed by atoms with Gasteiger partial charge in [-0.25, -0.2) is 0 Å². The number of nitrogens with one attached hydrogen (secondary N) is 1. The van der Waals surface area contributed by atoms with Gasteiger partial charge >= 0.3 is 0 Å². The van der Waals surface area contributed by atoms with E-state index in [9.17, 15) is 4.79 Å². The number of carbonyl (C=O) groups is 1. The normalized spacial score (nSPS) is 30.1. The number of likely N-dealkylation sites (N-methyl/N-ethyl adjacent to an activating group) is 1. The van der Waals surface area contributed by atoms with E-state index in [2.05, 4.69) is 24.1 Å². The molecule has 0 atom stereocenters. The van der Waals surface area contributed by atoms with Crippen LogP contribution < -0.4 is 5.32 Å². The highest BCUT2D eigenvalue weighted by Gasteiger charge is 2.30. The minimum atomic E-state index is 0.255. The third kappa shape index (κ3) is 4.43. The lowest BCUT2D eigenvalue weighted by atomic mass is 9.86. The van der Waals surface area contributed by atoms with Gasteiger partial charge in [0.15, 0.2) is 0 Å². The quantitative estimate of drug-likeness (QED) is 0.863. The average Bonchev–Trinajstić information content (AvgIpc) is 2.50. The summed E-state index contributed by atoms with van der Waals surface area (Å²) in [6.45, 7) is 7.26. The van der Waals surface area contributed by atoms with Crippen molar-refractivity contribution in [3.63, 3.8) is 0 Å². The van der Waals surface area contributed by atoms with Crippen LogP contribution in [-0.4, -0.2) is 61.0 Å². The van der Waals surface area contributed by atoms with Crippen molar-refractivity contribution in [1.29, 1.82) is 0 Å². The van der Waals surface area contributed by atoms with Crippen molar-refractivity contribution in [2.75, 3.05) is 33.7 Å². The Morgan fingerprint density at radius 3 is 2.33 bits per heavy atom. The Morgan fingerprint density at radius 1 is 1.24 bits per heavy atom. The van der Waals surface area contributed by atoms with E-state index in [1.807, 2.05) is 19.0 Å². The van der Waals surface area contributed by atoms with Crippen LogP contribution in [0, 0.1) is 5.92 Å². The fourth-order valence-electron chi connectivity index (χ4n) is 3.59. The molecule has 2 fully saturated rings. The molecule has 1 aliphatic heterocycles. The van der Waals surface area contributed by atoms with Gasteiger partial charge in [-0.2, -0.15) is 0 Å². The van der Waals surface area contributed by atoms with Gasteiger partial charge in [0, 0.05) is 31.7 Å². The second-order valence-electron chi connectivity index (χ2n) is 7.51. The summed E-state index contributed by atoms with van der Waals surface area (Å²) in [5, 5.41) is 3.41. The van der Waals surface area contributed by atoms with Crippen LogP contribution in [0.3, 0.4) is 0 Å². The molecule has 0 spiro atoms. The lowest BCUT2D eigenvalue weighted by Gasteiger charge is -2.40. The van der Waals surface area contributed by atoms with Crippen molar-refractivity contribution in [3.05, 3.63) is 0 Å². The Kier molecular flexibility index (Phi) is 5.67. The summed E-state index contributed by atoms with van der Waals surface area (Å²) in [6.07, 6.45) is 7.16. The smallest absolute Gasteiger partial charge is 0.236 e. The van der Waals surface area contributed by atoms with Gasteiger partial charge in [0.05, 0.1) is 6.54 Å². The number of hydrogen-bond donors (Lipinski definition) is 1.